The number of pyridine rings is 2. The van der Waals surface area contributed by atoms with Crippen LogP contribution in [-0.4, -0.2) is 27.2 Å². The van der Waals surface area contributed by atoms with Crippen LogP contribution in [0, 0.1) is 5.92 Å². The third-order valence-corrected chi connectivity index (χ3v) is 3.33. The number of amides is 1. The van der Waals surface area contributed by atoms with Gasteiger partial charge in [0.2, 0.25) is 5.88 Å². The lowest BCUT2D eigenvalue weighted by atomic mass is 10.1. The first kappa shape index (κ1) is 15.9. The molecule has 0 bridgehead atoms. The molecule has 6 heteroatoms. The lowest BCUT2D eigenvalue weighted by molar-refractivity contribution is 0.0603. The molecule has 0 radical (unpaired) electrons. The van der Waals surface area contributed by atoms with Gasteiger partial charge in [0.15, 0.2) is 0 Å². The van der Waals surface area contributed by atoms with Crippen molar-refractivity contribution < 1.29 is 14.6 Å². The molecule has 2 heterocycles. The molecule has 2 aromatic heterocycles. The molecule has 116 valence electrons. The van der Waals surface area contributed by atoms with E-state index < -0.39 is 12.1 Å². The Balaban J connectivity index is 2.16. The summed E-state index contributed by atoms with van der Waals surface area (Å²) < 4.78 is 5.58. The number of carbonyl (C=O) groups is 1. The third kappa shape index (κ3) is 4.02. The predicted octanol–water partition coefficient (Wildman–Crippen LogP) is 2.36. The Morgan fingerprint density at radius 3 is 2.82 bits per heavy atom. The largest absolute Gasteiger partial charge is 0.437 e. The molecule has 0 saturated carbocycles. The van der Waals surface area contributed by atoms with Crippen molar-refractivity contribution in [3.8, 4) is 11.6 Å². The minimum Gasteiger partial charge on any atom is -0.437 e. The Labute approximate surface area is 129 Å². The van der Waals surface area contributed by atoms with E-state index in [4.69, 9.17) is 4.74 Å². The van der Waals surface area contributed by atoms with Gasteiger partial charge < -0.3 is 15.2 Å². The number of ether oxygens (including phenoxy) is 1. The molecule has 2 atom stereocenters. The van der Waals surface area contributed by atoms with Crippen LogP contribution in [0.2, 0.25) is 0 Å². The van der Waals surface area contributed by atoms with Crippen LogP contribution < -0.4 is 10.1 Å². The van der Waals surface area contributed by atoms with Gasteiger partial charge in [0.05, 0.1) is 6.20 Å². The zero-order valence-corrected chi connectivity index (χ0v) is 12.6. The van der Waals surface area contributed by atoms with E-state index >= 15 is 0 Å². The minimum atomic E-state index is -0.913. The highest BCUT2D eigenvalue weighted by Crippen LogP contribution is 2.22. The molecule has 22 heavy (non-hydrogen) atoms. The van der Waals surface area contributed by atoms with Crippen LogP contribution in [0.15, 0.2) is 42.9 Å². The van der Waals surface area contributed by atoms with Gasteiger partial charge in [-0.15, -0.1) is 0 Å². The molecule has 2 aromatic rings. The number of hydrogen-bond donors (Lipinski definition) is 2. The molecule has 2 rings (SSSR count). The molecular formula is C16H19N3O3. The number of hydrogen-bond acceptors (Lipinski definition) is 5. The average Bonchev–Trinajstić information content (AvgIpc) is 2.55. The van der Waals surface area contributed by atoms with Gasteiger partial charge in [-0.25, -0.2) is 4.98 Å². The summed E-state index contributed by atoms with van der Waals surface area (Å²) in [6, 6.07) is 6.68. The van der Waals surface area contributed by atoms with E-state index in [0.717, 1.165) is 6.42 Å². The topological polar surface area (TPSA) is 84.3 Å². The summed E-state index contributed by atoms with van der Waals surface area (Å²) in [5.41, 5.74) is 0.258. The van der Waals surface area contributed by atoms with Crippen LogP contribution in [0.3, 0.4) is 0 Å². The first-order valence-corrected chi connectivity index (χ1v) is 7.13. The van der Waals surface area contributed by atoms with Crippen LogP contribution >= 0.6 is 0 Å². The summed E-state index contributed by atoms with van der Waals surface area (Å²) in [5.74, 6) is 0.185. The maximum Gasteiger partial charge on any atom is 0.258 e. The average molecular weight is 301 g/mol. The van der Waals surface area contributed by atoms with Crippen molar-refractivity contribution in [1.82, 2.24) is 15.3 Å². The second-order valence-electron chi connectivity index (χ2n) is 4.95. The smallest absolute Gasteiger partial charge is 0.258 e. The summed E-state index contributed by atoms with van der Waals surface area (Å²) in [7, 11) is 0. The van der Waals surface area contributed by atoms with Crippen molar-refractivity contribution in [3.63, 3.8) is 0 Å². The highest BCUT2D eigenvalue weighted by Gasteiger charge is 2.19. The van der Waals surface area contributed by atoms with Crippen molar-refractivity contribution in [2.45, 2.75) is 26.5 Å². The van der Waals surface area contributed by atoms with E-state index in [-0.39, 0.29) is 17.4 Å². The molecule has 0 aliphatic rings. The van der Waals surface area contributed by atoms with Gasteiger partial charge in [-0.2, -0.15) is 0 Å². The zero-order chi connectivity index (χ0) is 15.9. The molecular weight excluding hydrogens is 282 g/mol. The molecule has 2 unspecified atom stereocenters. The Morgan fingerprint density at radius 1 is 1.36 bits per heavy atom. The van der Waals surface area contributed by atoms with Gasteiger partial charge in [-0.3, -0.25) is 9.78 Å². The SMILES string of the molecule is CCC(C)C(O)NC(=O)c1cccnc1Oc1cccnc1. The summed E-state index contributed by atoms with van der Waals surface area (Å²) in [4.78, 5) is 20.3. The third-order valence-electron chi connectivity index (χ3n) is 3.33. The van der Waals surface area contributed by atoms with Crippen LogP contribution in [-0.2, 0) is 0 Å². The molecule has 6 nitrogen and oxygen atoms in total. The quantitative estimate of drug-likeness (QED) is 0.800. The van der Waals surface area contributed by atoms with Gasteiger partial charge in [0, 0.05) is 18.3 Å². The van der Waals surface area contributed by atoms with Crippen LogP contribution in [0.4, 0.5) is 0 Å². The van der Waals surface area contributed by atoms with E-state index in [1.165, 1.54) is 12.4 Å². The molecule has 0 spiro atoms. The molecule has 0 aliphatic carbocycles. The van der Waals surface area contributed by atoms with E-state index in [1.807, 2.05) is 13.8 Å². The summed E-state index contributed by atoms with van der Waals surface area (Å²) >= 11 is 0. The van der Waals surface area contributed by atoms with E-state index in [2.05, 4.69) is 15.3 Å². The second-order valence-corrected chi connectivity index (χ2v) is 4.95. The maximum absolute atomic E-state index is 12.3. The lowest BCUT2D eigenvalue weighted by Gasteiger charge is -2.19. The lowest BCUT2D eigenvalue weighted by Crippen LogP contribution is -2.39. The van der Waals surface area contributed by atoms with E-state index in [1.54, 1.807) is 30.5 Å². The Bertz CT molecular complexity index is 619. The summed E-state index contributed by atoms with van der Waals surface area (Å²) in [6.07, 6.45) is 4.54. The molecule has 0 aliphatic heterocycles. The van der Waals surface area contributed by atoms with Gasteiger partial charge in [-0.05, 0) is 30.7 Å². The number of nitrogens with zero attached hydrogens (tertiary/aromatic N) is 2. The summed E-state index contributed by atoms with van der Waals surface area (Å²) in [5, 5.41) is 12.5. The van der Waals surface area contributed by atoms with Crippen molar-refractivity contribution in [2.75, 3.05) is 0 Å². The zero-order valence-electron chi connectivity index (χ0n) is 12.6. The molecule has 0 fully saturated rings. The van der Waals surface area contributed by atoms with Crippen molar-refractivity contribution in [3.05, 3.63) is 48.4 Å². The van der Waals surface area contributed by atoms with Gasteiger partial charge in [0.1, 0.15) is 17.5 Å². The fourth-order valence-corrected chi connectivity index (χ4v) is 1.74. The predicted molar refractivity (Wildman–Crippen MR) is 81.5 cm³/mol. The van der Waals surface area contributed by atoms with E-state index in [0.29, 0.717) is 5.75 Å². The highest BCUT2D eigenvalue weighted by atomic mass is 16.5. The fourth-order valence-electron chi connectivity index (χ4n) is 1.74. The molecule has 1 amide bonds. The molecule has 0 saturated heterocycles. The number of aliphatic hydroxyl groups excluding tert-OH is 1. The molecule has 2 N–H and O–H groups in total. The number of aromatic nitrogens is 2. The highest BCUT2D eigenvalue weighted by molar-refractivity contribution is 5.96. The Morgan fingerprint density at radius 2 is 2.14 bits per heavy atom. The van der Waals surface area contributed by atoms with Crippen LogP contribution in [0.5, 0.6) is 11.6 Å². The first-order chi connectivity index (χ1) is 10.6. The Kier molecular flexibility index (Phi) is 5.43. The minimum absolute atomic E-state index is 0.0386. The van der Waals surface area contributed by atoms with Crippen LogP contribution in [0.25, 0.3) is 0 Å². The number of aliphatic hydroxyl groups is 1. The van der Waals surface area contributed by atoms with Crippen molar-refractivity contribution >= 4 is 5.91 Å². The molecule has 0 aromatic carbocycles. The number of nitrogens with one attached hydrogen (secondary N) is 1. The number of rotatable bonds is 6. The van der Waals surface area contributed by atoms with E-state index in [9.17, 15) is 9.90 Å². The first-order valence-electron chi connectivity index (χ1n) is 7.13. The maximum atomic E-state index is 12.3. The van der Waals surface area contributed by atoms with Gasteiger partial charge in [0.25, 0.3) is 5.91 Å². The number of carbonyl (C=O) groups excluding carboxylic acids is 1. The normalized spacial score (nSPS) is 13.2. The van der Waals surface area contributed by atoms with Crippen molar-refractivity contribution in [2.24, 2.45) is 5.92 Å². The van der Waals surface area contributed by atoms with Gasteiger partial charge in [-0.1, -0.05) is 13.8 Å². The second kappa shape index (κ2) is 7.51. The van der Waals surface area contributed by atoms with Crippen LogP contribution in [0.1, 0.15) is 30.6 Å². The summed E-state index contributed by atoms with van der Waals surface area (Å²) in [6.45, 7) is 3.81. The standard InChI is InChI=1S/C16H19N3O3/c1-3-11(2)14(20)19-15(21)13-7-5-9-18-16(13)22-12-6-4-8-17-10-12/h4-11,14,20H,3H2,1-2H3,(H,19,21). The monoisotopic (exact) mass is 301 g/mol. The fraction of sp³-hybridized carbons (Fsp3) is 0.312. The van der Waals surface area contributed by atoms with Gasteiger partial charge >= 0.3 is 0 Å². The Hall–Kier alpha value is -2.47. The van der Waals surface area contributed by atoms with Crippen molar-refractivity contribution in [1.29, 1.82) is 0 Å².